The molecule has 5 heteroatoms. The van der Waals surface area contributed by atoms with Crippen molar-refractivity contribution in [1.82, 2.24) is 9.80 Å². The molecular weight excluding hydrogens is 327 g/mol. The number of carbonyl (C=O) groups excluding carboxylic acids is 1. The Bertz CT molecular complexity index is 697. The van der Waals surface area contributed by atoms with Crippen molar-refractivity contribution in [2.45, 2.75) is 6.42 Å². The molecule has 2 aromatic rings. The average molecular weight is 347 g/mol. The van der Waals surface area contributed by atoms with E-state index in [1.807, 2.05) is 17.0 Å². The molecular formula is C19H20ClFN2O. The van der Waals surface area contributed by atoms with E-state index >= 15 is 0 Å². The van der Waals surface area contributed by atoms with Crippen molar-refractivity contribution >= 4 is 17.5 Å². The summed E-state index contributed by atoms with van der Waals surface area (Å²) in [5.41, 5.74) is 1.77. The van der Waals surface area contributed by atoms with Crippen LogP contribution >= 0.6 is 11.6 Å². The monoisotopic (exact) mass is 346 g/mol. The van der Waals surface area contributed by atoms with Crippen LogP contribution in [0.2, 0.25) is 5.02 Å². The van der Waals surface area contributed by atoms with Crippen molar-refractivity contribution in [1.29, 1.82) is 0 Å². The molecule has 3 nitrogen and oxygen atoms in total. The Labute approximate surface area is 146 Å². The minimum atomic E-state index is -0.202. The van der Waals surface area contributed by atoms with Gasteiger partial charge in [-0.25, -0.2) is 4.39 Å². The number of halogens is 2. The van der Waals surface area contributed by atoms with E-state index in [1.165, 1.54) is 12.1 Å². The molecule has 0 spiro atoms. The van der Waals surface area contributed by atoms with Gasteiger partial charge in [-0.1, -0.05) is 29.8 Å². The topological polar surface area (TPSA) is 23.6 Å². The summed E-state index contributed by atoms with van der Waals surface area (Å²) < 4.78 is 12.9. The van der Waals surface area contributed by atoms with Crippen LogP contribution in [0.5, 0.6) is 0 Å². The number of amides is 1. The summed E-state index contributed by atoms with van der Waals surface area (Å²) in [5, 5.41) is 0.582. The first kappa shape index (κ1) is 16.9. The first-order chi connectivity index (χ1) is 11.6. The predicted molar refractivity (Wildman–Crippen MR) is 93.9 cm³/mol. The Morgan fingerprint density at radius 1 is 1.04 bits per heavy atom. The van der Waals surface area contributed by atoms with Gasteiger partial charge >= 0.3 is 0 Å². The van der Waals surface area contributed by atoms with Crippen LogP contribution in [-0.2, 0) is 6.42 Å². The van der Waals surface area contributed by atoms with Gasteiger partial charge in [0.15, 0.2) is 0 Å². The Balaban J connectivity index is 1.48. The molecule has 0 bridgehead atoms. The number of nitrogens with zero attached hydrogens (tertiary/aromatic N) is 2. The molecule has 0 N–H and O–H groups in total. The minimum absolute atomic E-state index is 0.0377. The Morgan fingerprint density at radius 3 is 2.42 bits per heavy atom. The maximum Gasteiger partial charge on any atom is 0.253 e. The summed E-state index contributed by atoms with van der Waals surface area (Å²) in [6, 6.07) is 13.7. The normalized spacial score (nSPS) is 15.5. The van der Waals surface area contributed by atoms with Gasteiger partial charge in [0.2, 0.25) is 0 Å². The van der Waals surface area contributed by atoms with Gasteiger partial charge in [-0.05, 0) is 42.3 Å². The maximum atomic E-state index is 12.9. The van der Waals surface area contributed by atoms with E-state index < -0.39 is 0 Å². The van der Waals surface area contributed by atoms with Crippen LogP contribution in [0.15, 0.2) is 48.5 Å². The first-order valence-electron chi connectivity index (χ1n) is 8.13. The zero-order chi connectivity index (χ0) is 16.9. The Morgan fingerprint density at radius 2 is 1.75 bits per heavy atom. The van der Waals surface area contributed by atoms with E-state index in [-0.39, 0.29) is 11.7 Å². The Hall–Kier alpha value is -1.91. The van der Waals surface area contributed by atoms with Crippen LogP contribution in [0, 0.1) is 5.82 Å². The number of piperazine rings is 1. The summed E-state index contributed by atoms with van der Waals surface area (Å²) in [5.74, 6) is -0.164. The number of benzene rings is 2. The summed E-state index contributed by atoms with van der Waals surface area (Å²) in [7, 11) is 0. The third kappa shape index (κ3) is 4.34. The summed E-state index contributed by atoms with van der Waals surface area (Å²) in [6.07, 6.45) is 0.891. The first-order valence-corrected chi connectivity index (χ1v) is 8.51. The molecule has 0 aromatic heterocycles. The number of rotatable bonds is 4. The predicted octanol–water partition coefficient (Wildman–Crippen LogP) is 3.48. The van der Waals surface area contributed by atoms with E-state index in [0.717, 1.165) is 44.7 Å². The average Bonchev–Trinajstić information content (AvgIpc) is 2.61. The highest BCUT2D eigenvalue weighted by atomic mass is 35.5. The second-order valence-corrected chi connectivity index (χ2v) is 6.46. The molecule has 0 aliphatic carbocycles. The summed E-state index contributed by atoms with van der Waals surface area (Å²) in [6.45, 7) is 4.06. The van der Waals surface area contributed by atoms with Crippen molar-refractivity contribution in [2.75, 3.05) is 32.7 Å². The molecule has 1 amide bonds. The third-order valence-electron chi connectivity index (χ3n) is 4.36. The van der Waals surface area contributed by atoms with Gasteiger partial charge < -0.3 is 4.90 Å². The smallest absolute Gasteiger partial charge is 0.253 e. The van der Waals surface area contributed by atoms with Gasteiger partial charge in [-0.2, -0.15) is 0 Å². The van der Waals surface area contributed by atoms with Crippen LogP contribution in [0.1, 0.15) is 15.9 Å². The third-order valence-corrected chi connectivity index (χ3v) is 4.60. The van der Waals surface area contributed by atoms with E-state index in [0.29, 0.717) is 10.6 Å². The molecule has 1 fully saturated rings. The van der Waals surface area contributed by atoms with Gasteiger partial charge in [-0.3, -0.25) is 9.69 Å². The lowest BCUT2D eigenvalue weighted by Gasteiger charge is -2.34. The van der Waals surface area contributed by atoms with Gasteiger partial charge in [-0.15, -0.1) is 0 Å². The number of carbonyl (C=O) groups is 1. The molecule has 126 valence electrons. The fraction of sp³-hybridized carbons (Fsp3) is 0.316. The van der Waals surface area contributed by atoms with Gasteiger partial charge in [0, 0.05) is 43.3 Å². The van der Waals surface area contributed by atoms with Gasteiger partial charge in [0.05, 0.1) is 0 Å². The lowest BCUT2D eigenvalue weighted by molar-refractivity contribution is 0.0638. The maximum absolute atomic E-state index is 12.9. The van der Waals surface area contributed by atoms with Crippen molar-refractivity contribution in [3.8, 4) is 0 Å². The van der Waals surface area contributed by atoms with Crippen LogP contribution in [0.4, 0.5) is 4.39 Å². The molecule has 0 saturated carbocycles. The lowest BCUT2D eigenvalue weighted by atomic mass is 10.1. The van der Waals surface area contributed by atoms with Crippen molar-refractivity contribution in [3.05, 3.63) is 70.5 Å². The second-order valence-electron chi connectivity index (χ2n) is 6.02. The molecule has 24 heavy (non-hydrogen) atoms. The minimum Gasteiger partial charge on any atom is -0.336 e. The van der Waals surface area contributed by atoms with Crippen LogP contribution in [0.3, 0.4) is 0 Å². The van der Waals surface area contributed by atoms with Gasteiger partial charge in [0.25, 0.3) is 5.91 Å². The fourth-order valence-corrected chi connectivity index (χ4v) is 3.11. The largest absolute Gasteiger partial charge is 0.336 e. The van der Waals surface area contributed by atoms with Crippen molar-refractivity contribution in [2.24, 2.45) is 0 Å². The van der Waals surface area contributed by atoms with Crippen molar-refractivity contribution in [3.63, 3.8) is 0 Å². The standard InChI is InChI=1S/C19H20ClFN2O/c20-17-3-1-2-16(14-17)19(24)23-12-10-22(11-13-23)9-8-15-4-6-18(21)7-5-15/h1-7,14H,8-13H2. The molecule has 1 heterocycles. The molecule has 0 atom stereocenters. The van der Waals surface area contributed by atoms with Crippen LogP contribution in [-0.4, -0.2) is 48.4 Å². The highest BCUT2D eigenvalue weighted by Gasteiger charge is 2.22. The molecule has 0 unspecified atom stereocenters. The summed E-state index contributed by atoms with van der Waals surface area (Å²) >= 11 is 5.96. The van der Waals surface area contributed by atoms with Crippen LogP contribution in [0.25, 0.3) is 0 Å². The highest BCUT2D eigenvalue weighted by molar-refractivity contribution is 6.30. The van der Waals surface area contributed by atoms with E-state index in [2.05, 4.69) is 4.90 Å². The SMILES string of the molecule is O=C(c1cccc(Cl)c1)N1CCN(CCc2ccc(F)cc2)CC1. The fourth-order valence-electron chi connectivity index (χ4n) is 2.92. The van der Waals surface area contributed by atoms with Crippen LogP contribution < -0.4 is 0 Å². The Kier molecular flexibility index (Phi) is 5.48. The molecule has 1 aliphatic heterocycles. The molecule has 0 radical (unpaired) electrons. The van der Waals surface area contributed by atoms with E-state index in [9.17, 15) is 9.18 Å². The molecule has 1 aliphatic rings. The highest BCUT2D eigenvalue weighted by Crippen LogP contribution is 2.14. The quantitative estimate of drug-likeness (QED) is 0.846. The second kappa shape index (κ2) is 7.77. The molecule has 3 rings (SSSR count). The van der Waals surface area contributed by atoms with E-state index in [4.69, 9.17) is 11.6 Å². The van der Waals surface area contributed by atoms with E-state index in [1.54, 1.807) is 24.3 Å². The summed E-state index contributed by atoms with van der Waals surface area (Å²) in [4.78, 5) is 16.7. The van der Waals surface area contributed by atoms with Gasteiger partial charge in [0.1, 0.15) is 5.82 Å². The molecule has 1 saturated heterocycles. The zero-order valence-electron chi connectivity index (χ0n) is 13.4. The lowest BCUT2D eigenvalue weighted by Crippen LogP contribution is -2.49. The number of hydrogen-bond acceptors (Lipinski definition) is 2. The molecule has 2 aromatic carbocycles. The van der Waals surface area contributed by atoms with Crippen molar-refractivity contribution < 1.29 is 9.18 Å². The zero-order valence-corrected chi connectivity index (χ0v) is 14.2. The number of hydrogen-bond donors (Lipinski definition) is 0.